The maximum Gasteiger partial charge on any atom is 0.228 e. The number of benzene rings is 1. The first-order valence-electron chi connectivity index (χ1n) is 6.05. The van der Waals surface area contributed by atoms with Gasteiger partial charge in [0.25, 0.3) is 0 Å². The van der Waals surface area contributed by atoms with Crippen molar-refractivity contribution in [3.63, 3.8) is 0 Å². The van der Waals surface area contributed by atoms with Gasteiger partial charge in [0.1, 0.15) is 0 Å². The molecule has 5 heteroatoms. The largest absolute Gasteiger partial charge is 0.326 e. The third-order valence-electron chi connectivity index (χ3n) is 2.72. The second kappa shape index (κ2) is 6.30. The van der Waals surface area contributed by atoms with Crippen molar-refractivity contribution in [3.05, 3.63) is 58.9 Å². The van der Waals surface area contributed by atoms with E-state index in [1.807, 2.05) is 6.07 Å². The zero-order valence-electron chi connectivity index (χ0n) is 10.9. The van der Waals surface area contributed by atoms with Crippen molar-refractivity contribution in [2.45, 2.75) is 13.3 Å². The van der Waals surface area contributed by atoms with Crippen LogP contribution < -0.4 is 5.32 Å². The Kier molecular flexibility index (Phi) is 4.48. The van der Waals surface area contributed by atoms with Crippen molar-refractivity contribution in [1.82, 2.24) is 4.98 Å². The number of anilines is 1. The van der Waals surface area contributed by atoms with Crippen LogP contribution in [0, 0.1) is 0 Å². The minimum absolute atomic E-state index is 0.108. The number of nitrogens with one attached hydrogen (secondary N) is 1. The molecule has 1 N–H and O–H groups in total. The highest BCUT2D eigenvalue weighted by Crippen LogP contribution is 2.21. The molecule has 102 valence electrons. The van der Waals surface area contributed by atoms with E-state index >= 15 is 0 Å². The highest BCUT2D eigenvalue weighted by molar-refractivity contribution is 6.34. The molecule has 0 saturated heterocycles. The minimum atomic E-state index is -0.162. The number of Topliss-reactive ketones (excluding diaryl/α,β-unsaturated/α-hetero) is 1. The number of carbonyl (C=O) groups is 2. The van der Waals surface area contributed by atoms with Crippen LogP contribution in [0.25, 0.3) is 0 Å². The van der Waals surface area contributed by atoms with Crippen LogP contribution in [0.4, 0.5) is 5.69 Å². The predicted octanol–water partition coefficient (Wildman–Crippen LogP) is 3.12. The number of hydrogen-bond acceptors (Lipinski definition) is 3. The number of amides is 1. The number of rotatable bonds is 4. The SMILES string of the molecule is CC(=O)c1ccc(NC(=O)Cc2cccnc2)cc1Cl. The van der Waals surface area contributed by atoms with E-state index in [0.717, 1.165) is 5.56 Å². The fourth-order valence-electron chi connectivity index (χ4n) is 1.77. The molecule has 1 aromatic carbocycles. The van der Waals surface area contributed by atoms with Crippen molar-refractivity contribution in [2.75, 3.05) is 5.32 Å². The fraction of sp³-hybridized carbons (Fsp3) is 0.133. The van der Waals surface area contributed by atoms with Gasteiger partial charge in [-0.2, -0.15) is 0 Å². The van der Waals surface area contributed by atoms with Gasteiger partial charge in [-0.3, -0.25) is 14.6 Å². The number of hydrogen-bond donors (Lipinski definition) is 1. The lowest BCUT2D eigenvalue weighted by Gasteiger charge is -2.07. The molecule has 1 aromatic heterocycles. The van der Waals surface area contributed by atoms with Crippen molar-refractivity contribution in [3.8, 4) is 0 Å². The molecule has 0 radical (unpaired) electrons. The molecule has 2 rings (SSSR count). The van der Waals surface area contributed by atoms with E-state index in [2.05, 4.69) is 10.3 Å². The van der Waals surface area contributed by atoms with Crippen LogP contribution in [0.5, 0.6) is 0 Å². The van der Waals surface area contributed by atoms with Crippen LogP contribution in [0.3, 0.4) is 0 Å². The summed E-state index contributed by atoms with van der Waals surface area (Å²) in [5.41, 5.74) is 1.84. The molecule has 2 aromatic rings. The number of carbonyl (C=O) groups excluding carboxylic acids is 2. The lowest BCUT2D eigenvalue weighted by molar-refractivity contribution is -0.115. The summed E-state index contributed by atoms with van der Waals surface area (Å²) < 4.78 is 0. The van der Waals surface area contributed by atoms with Crippen LogP contribution >= 0.6 is 11.6 Å². The molecule has 4 nitrogen and oxygen atoms in total. The monoisotopic (exact) mass is 288 g/mol. The first kappa shape index (κ1) is 14.2. The minimum Gasteiger partial charge on any atom is -0.326 e. The van der Waals surface area contributed by atoms with Gasteiger partial charge in [-0.1, -0.05) is 17.7 Å². The lowest BCUT2D eigenvalue weighted by Crippen LogP contribution is -2.14. The molecular formula is C15H13ClN2O2. The Balaban J connectivity index is 2.05. The summed E-state index contributed by atoms with van der Waals surface area (Å²) in [6.07, 6.45) is 3.53. The predicted molar refractivity (Wildman–Crippen MR) is 78.0 cm³/mol. The van der Waals surface area contributed by atoms with Gasteiger partial charge in [-0.25, -0.2) is 0 Å². The molecule has 20 heavy (non-hydrogen) atoms. The van der Waals surface area contributed by atoms with E-state index in [9.17, 15) is 9.59 Å². The molecule has 0 atom stereocenters. The highest BCUT2D eigenvalue weighted by atomic mass is 35.5. The maximum absolute atomic E-state index is 11.9. The smallest absolute Gasteiger partial charge is 0.228 e. The average molecular weight is 289 g/mol. The second-order valence-corrected chi connectivity index (χ2v) is 4.74. The van der Waals surface area contributed by atoms with Crippen LogP contribution in [0.2, 0.25) is 5.02 Å². The summed E-state index contributed by atoms with van der Waals surface area (Å²) in [6.45, 7) is 1.45. The summed E-state index contributed by atoms with van der Waals surface area (Å²) in [5.74, 6) is -0.270. The molecule has 1 amide bonds. The van der Waals surface area contributed by atoms with Crippen molar-refractivity contribution in [2.24, 2.45) is 0 Å². The molecule has 0 unspecified atom stereocenters. The van der Waals surface area contributed by atoms with Gasteiger partial charge >= 0.3 is 0 Å². The Hall–Kier alpha value is -2.20. The van der Waals surface area contributed by atoms with E-state index in [1.165, 1.54) is 6.92 Å². The van der Waals surface area contributed by atoms with Gasteiger partial charge in [0.05, 0.1) is 11.4 Å². The van der Waals surface area contributed by atoms with Gasteiger partial charge in [-0.15, -0.1) is 0 Å². The summed E-state index contributed by atoms with van der Waals surface area (Å²) in [4.78, 5) is 27.1. The van der Waals surface area contributed by atoms with Gasteiger partial charge in [-0.05, 0) is 36.8 Å². The van der Waals surface area contributed by atoms with Crippen molar-refractivity contribution < 1.29 is 9.59 Å². The molecular weight excluding hydrogens is 276 g/mol. The summed E-state index contributed by atoms with van der Waals surface area (Å²) in [5, 5.41) is 3.07. The third kappa shape index (κ3) is 3.65. The van der Waals surface area contributed by atoms with Gasteiger partial charge in [0.2, 0.25) is 5.91 Å². The van der Waals surface area contributed by atoms with Crippen LogP contribution in [0.15, 0.2) is 42.7 Å². The Morgan fingerprint density at radius 2 is 2.10 bits per heavy atom. The molecule has 0 aliphatic rings. The molecule has 1 heterocycles. The highest BCUT2D eigenvalue weighted by Gasteiger charge is 2.08. The van der Waals surface area contributed by atoms with Crippen LogP contribution in [0.1, 0.15) is 22.8 Å². The number of halogens is 1. The topological polar surface area (TPSA) is 59.1 Å². The van der Waals surface area contributed by atoms with Gasteiger partial charge in [0, 0.05) is 23.6 Å². The fourth-order valence-corrected chi connectivity index (χ4v) is 2.09. The van der Waals surface area contributed by atoms with Crippen molar-refractivity contribution in [1.29, 1.82) is 0 Å². The number of pyridine rings is 1. The van der Waals surface area contributed by atoms with Gasteiger partial charge < -0.3 is 5.32 Å². The summed E-state index contributed by atoms with van der Waals surface area (Å²) in [7, 11) is 0. The molecule has 0 saturated carbocycles. The molecule has 0 aliphatic carbocycles. The molecule has 0 bridgehead atoms. The van der Waals surface area contributed by atoms with E-state index in [4.69, 9.17) is 11.6 Å². The zero-order chi connectivity index (χ0) is 14.5. The normalized spacial score (nSPS) is 10.1. The molecule has 0 aliphatic heterocycles. The van der Waals surface area contributed by atoms with Crippen LogP contribution in [-0.4, -0.2) is 16.7 Å². The summed E-state index contributed by atoms with van der Waals surface area (Å²) in [6, 6.07) is 8.44. The Morgan fingerprint density at radius 3 is 2.70 bits per heavy atom. The average Bonchev–Trinajstić information content (AvgIpc) is 2.39. The van der Waals surface area contributed by atoms with Crippen molar-refractivity contribution >= 4 is 29.0 Å². The molecule has 0 spiro atoms. The first-order chi connectivity index (χ1) is 9.56. The van der Waals surface area contributed by atoms with E-state index in [-0.39, 0.29) is 18.1 Å². The third-order valence-corrected chi connectivity index (χ3v) is 3.03. The Morgan fingerprint density at radius 1 is 1.30 bits per heavy atom. The van der Waals surface area contributed by atoms with Crippen LogP contribution in [-0.2, 0) is 11.2 Å². The van der Waals surface area contributed by atoms with E-state index in [1.54, 1.807) is 36.7 Å². The standard InChI is InChI=1S/C15H13ClN2O2/c1-10(19)13-5-4-12(8-14(13)16)18-15(20)7-11-3-2-6-17-9-11/h2-6,8-9H,7H2,1H3,(H,18,20). The maximum atomic E-state index is 11.9. The number of aromatic nitrogens is 1. The zero-order valence-corrected chi connectivity index (χ0v) is 11.6. The lowest BCUT2D eigenvalue weighted by atomic mass is 10.1. The van der Waals surface area contributed by atoms with E-state index < -0.39 is 0 Å². The first-order valence-corrected chi connectivity index (χ1v) is 6.43. The summed E-state index contributed by atoms with van der Waals surface area (Å²) >= 11 is 5.99. The van der Waals surface area contributed by atoms with E-state index in [0.29, 0.717) is 16.3 Å². The Labute approximate surface area is 121 Å². The number of ketones is 1. The number of nitrogens with zero attached hydrogens (tertiary/aromatic N) is 1. The Bertz CT molecular complexity index is 642. The second-order valence-electron chi connectivity index (χ2n) is 4.34. The quantitative estimate of drug-likeness (QED) is 0.879. The van der Waals surface area contributed by atoms with Gasteiger partial charge in [0.15, 0.2) is 5.78 Å². The molecule has 0 fully saturated rings.